The maximum Gasteiger partial charge on any atom is 0.340 e. The second kappa shape index (κ2) is 9.66. The van der Waals surface area contributed by atoms with Crippen molar-refractivity contribution in [2.24, 2.45) is 0 Å². The first-order chi connectivity index (χ1) is 15.8. The number of thiazole rings is 1. The van der Waals surface area contributed by atoms with Gasteiger partial charge in [-0.05, 0) is 37.5 Å². The van der Waals surface area contributed by atoms with Crippen LogP contribution in [-0.4, -0.2) is 50.9 Å². The zero-order valence-electron chi connectivity index (χ0n) is 18.8. The Labute approximate surface area is 195 Å². The minimum Gasteiger partial charge on any atom is -0.460 e. The van der Waals surface area contributed by atoms with Gasteiger partial charge in [0.1, 0.15) is 11.6 Å². The van der Waals surface area contributed by atoms with Crippen molar-refractivity contribution in [3.05, 3.63) is 57.6 Å². The molecule has 0 spiro atoms. The van der Waals surface area contributed by atoms with Crippen LogP contribution >= 0.6 is 11.3 Å². The number of hydrogen-bond donors (Lipinski definition) is 1. The van der Waals surface area contributed by atoms with Gasteiger partial charge in [0.05, 0.1) is 22.9 Å². The van der Waals surface area contributed by atoms with Crippen LogP contribution in [0.15, 0.2) is 40.8 Å². The van der Waals surface area contributed by atoms with Crippen LogP contribution in [0.3, 0.4) is 0 Å². The average molecular weight is 467 g/mol. The average Bonchev–Trinajstić information content (AvgIpc) is 3.47. The zero-order valence-corrected chi connectivity index (χ0v) is 19.6. The highest BCUT2D eigenvalue weighted by atomic mass is 32.1. The summed E-state index contributed by atoms with van der Waals surface area (Å²) in [6, 6.07) is 5.07. The fraction of sp³-hybridized carbons (Fsp3) is 0.375. The number of carbonyl (C=O) groups is 2. The zero-order chi connectivity index (χ0) is 23.5. The molecule has 172 valence electrons. The second-order valence-corrected chi connectivity index (χ2v) is 9.26. The molecule has 0 aromatic carbocycles. The summed E-state index contributed by atoms with van der Waals surface area (Å²) in [6.45, 7) is 6.45. The number of likely N-dealkylation sites (tertiary alicyclic amines) is 1. The van der Waals surface area contributed by atoms with E-state index >= 15 is 0 Å². The molecule has 1 N–H and O–H groups in total. The van der Waals surface area contributed by atoms with Crippen LogP contribution in [0.1, 0.15) is 55.6 Å². The topological polar surface area (TPSA) is 105 Å². The van der Waals surface area contributed by atoms with Gasteiger partial charge in [-0.1, -0.05) is 13.8 Å². The summed E-state index contributed by atoms with van der Waals surface area (Å²) in [5, 5.41) is 2.55. The Kier molecular flexibility index (Phi) is 6.69. The normalized spacial score (nSPS) is 14.7. The molecule has 9 heteroatoms. The first-order valence-corrected chi connectivity index (χ1v) is 11.8. The van der Waals surface area contributed by atoms with Gasteiger partial charge in [-0.3, -0.25) is 14.6 Å². The van der Waals surface area contributed by atoms with E-state index in [0.717, 1.165) is 17.0 Å². The van der Waals surface area contributed by atoms with Crippen molar-refractivity contribution in [2.75, 3.05) is 13.2 Å². The molecule has 1 amide bonds. The van der Waals surface area contributed by atoms with Gasteiger partial charge in [0.25, 0.3) is 5.56 Å². The van der Waals surface area contributed by atoms with E-state index in [0.29, 0.717) is 35.5 Å². The number of H-pyrrole nitrogens is 1. The van der Waals surface area contributed by atoms with Crippen molar-refractivity contribution in [3.8, 4) is 21.8 Å². The molecule has 8 nitrogen and oxygen atoms in total. The number of hydrogen-bond acceptors (Lipinski definition) is 7. The third-order valence-electron chi connectivity index (χ3n) is 5.67. The molecular weight excluding hydrogens is 440 g/mol. The maximum absolute atomic E-state index is 13.0. The van der Waals surface area contributed by atoms with E-state index in [2.05, 4.69) is 15.0 Å². The van der Waals surface area contributed by atoms with Crippen LogP contribution in [0.25, 0.3) is 21.8 Å². The van der Waals surface area contributed by atoms with Gasteiger partial charge in [0.2, 0.25) is 5.91 Å². The summed E-state index contributed by atoms with van der Waals surface area (Å²) in [5.74, 6) is -0.532. The summed E-state index contributed by atoms with van der Waals surface area (Å²) in [4.78, 5) is 51.0. The smallest absolute Gasteiger partial charge is 0.340 e. The fourth-order valence-electron chi connectivity index (χ4n) is 3.88. The van der Waals surface area contributed by atoms with E-state index in [4.69, 9.17) is 4.74 Å². The molecule has 1 unspecified atom stereocenters. The van der Waals surface area contributed by atoms with Gasteiger partial charge in [-0.2, -0.15) is 0 Å². The van der Waals surface area contributed by atoms with Crippen LogP contribution in [0.5, 0.6) is 0 Å². The molecule has 0 radical (unpaired) electrons. The number of ether oxygens (including phenoxy) is 1. The number of rotatable bonds is 7. The van der Waals surface area contributed by atoms with Gasteiger partial charge < -0.3 is 14.6 Å². The lowest BCUT2D eigenvalue weighted by Gasteiger charge is -2.24. The van der Waals surface area contributed by atoms with Gasteiger partial charge in [-0.25, -0.2) is 9.78 Å². The first-order valence-electron chi connectivity index (χ1n) is 10.9. The number of esters is 1. The van der Waals surface area contributed by atoms with E-state index < -0.39 is 5.97 Å². The Hall–Kier alpha value is -3.33. The van der Waals surface area contributed by atoms with Crippen LogP contribution in [0.4, 0.5) is 0 Å². The number of pyridine rings is 2. The fourth-order valence-corrected chi connectivity index (χ4v) is 4.71. The second-order valence-electron chi connectivity index (χ2n) is 8.41. The molecule has 1 atom stereocenters. The van der Waals surface area contributed by atoms with Crippen LogP contribution in [0, 0.1) is 0 Å². The monoisotopic (exact) mass is 466 g/mol. The van der Waals surface area contributed by atoms with Crippen molar-refractivity contribution in [2.45, 2.75) is 45.6 Å². The Morgan fingerprint density at radius 1 is 1.24 bits per heavy atom. The van der Waals surface area contributed by atoms with E-state index in [9.17, 15) is 14.4 Å². The summed E-state index contributed by atoms with van der Waals surface area (Å²) in [7, 11) is 0. The number of amides is 1. The largest absolute Gasteiger partial charge is 0.460 e. The molecule has 4 rings (SSSR count). The summed E-state index contributed by atoms with van der Waals surface area (Å²) >= 11 is 1.41. The molecule has 0 aliphatic carbocycles. The summed E-state index contributed by atoms with van der Waals surface area (Å²) in [6.07, 6.45) is 4.73. The highest BCUT2D eigenvalue weighted by Gasteiger charge is 2.27. The molecule has 4 heterocycles. The molecule has 3 aromatic heterocycles. The number of nitrogens with one attached hydrogen (secondary N) is 1. The molecule has 1 aliphatic rings. The van der Waals surface area contributed by atoms with Crippen molar-refractivity contribution < 1.29 is 14.3 Å². The quantitative estimate of drug-likeness (QED) is 0.530. The summed E-state index contributed by atoms with van der Waals surface area (Å²) in [5.41, 5.74) is 2.22. The standard InChI is InChI=1S/C24H26N4O4S/c1-14(2)21-18(24(31)32-12-15(3)28-10-4-5-20(28)29)11-17(22(30)27-21)19-13-33-23(26-19)16-6-8-25-9-7-16/h6-9,11,13-15H,4-5,10,12H2,1-3H3,(H,27,30). The Bertz CT molecular complexity index is 1220. The van der Waals surface area contributed by atoms with E-state index in [1.807, 2.05) is 32.9 Å². The minimum atomic E-state index is -0.528. The lowest BCUT2D eigenvalue weighted by Crippen LogP contribution is -2.37. The lowest BCUT2D eigenvalue weighted by atomic mass is 10.0. The van der Waals surface area contributed by atoms with Crippen molar-refractivity contribution in [3.63, 3.8) is 0 Å². The number of aromatic amines is 1. The van der Waals surface area contributed by atoms with Crippen LogP contribution < -0.4 is 5.56 Å². The van der Waals surface area contributed by atoms with Crippen molar-refractivity contribution in [1.29, 1.82) is 0 Å². The Balaban J connectivity index is 1.60. The maximum atomic E-state index is 13.0. The van der Waals surface area contributed by atoms with Crippen molar-refractivity contribution in [1.82, 2.24) is 19.9 Å². The number of aromatic nitrogens is 3. The lowest BCUT2D eigenvalue weighted by molar-refractivity contribution is -0.130. The molecule has 3 aromatic rings. The minimum absolute atomic E-state index is 0.0845. The predicted molar refractivity (Wildman–Crippen MR) is 126 cm³/mol. The van der Waals surface area contributed by atoms with Crippen LogP contribution in [0.2, 0.25) is 0 Å². The summed E-state index contributed by atoms with van der Waals surface area (Å²) < 4.78 is 5.57. The predicted octanol–water partition coefficient (Wildman–Crippen LogP) is 3.85. The highest BCUT2D eigenvalue weighted by molar-refractivity contribution is 7.13. The molecule has 1 fully saturated rings. The highest BCUT2D eigenvalue weighted by Crippen LogP contribution is 2.28. The number of nitrogens with zero attached hydrogens (tertiary/aromatic N) is 3. The molecule has 0 bridgehead atoms. The SMILES string of the molecule is CC(C)c1[nH]c(=O)c(-c2csc(-c3ccncc3)n2)cc1C(=O)OCC(C)N1CCCC1=O. The third kappa shape index (κ3) is 4.88. The molecule has 1 saturated heterocycles. The van der Waals surface area contributed by atoms with Gasteiger partial charge in [0, 0.05) is 42.0 Å². The number of carbonyl (C=O) groups excluding carboxylic acids is 2. The Morgan fingerprint density at radius 2 is 2.00 bits per heavy atom. The molecule has 1 aliphatic heterocycles. The van der Waals surface area contributed by atoms with E-state index in [1.165, 1.54) is 11.3 Å². The van der Waals surface area contributed by atoms with Gasteiger partial charge in [0.15, 0.2) is 0 Å². The van der Waals surface area contributed by atoms with Gasteiger partial charge >= 0.3 is 5.97 Å². The van der Waals surface area contributed by atoms with Crippen molar-refractivity contribution >= 4 is 23.2 Å². The van der Waals surface area contributed by atoms with Gasteiger partial charge in [-0.15, -0.1) is 11.3 Å². The van der Waals surface area contributed by atoms with E-state index in [1.54, 1.807) is 28.7 Å². The molecular formula is C24H26N4O4S. The molecule has 0 saturated carbocycles. The third-order valence-corrected chi connectivity index (χ3v) is 6.57. The van der Waals surface area contributed by atoms with Crippen LogP contribution in [-0.2, 0) is 9.53 Å². The molecule has 33 heavy (non-hydrogen) atoms. The first kappa shape index (κ1) is 22.8. The van der Waals surface area contributed by atoms with E-state index in [-0.39, 0.29) is 30.0 Å². The Morgan fingerprint density at radius 3 is 2.67 bits per heavy atom.